The molecule has 4 rings (SSSR count). The van der Waals surface area contributed by atoms with E-state index in [1.165, 1.54) is 7.11 Å². The van der Waals surface area contributed by atoms with E-state index in [2.05, 4.69) is 25.2 Å². The van der Waals surface area contributed by atoms with Gasteiger partial charge < -0.3 is 14.5 Å². The van der Waals surface area contributed by atoms with Crippen molar-refractivity contribution in [3.05, 3.63) is 60.4 Å². The van der Waals surface area contributed by atoms with E-state index in [-0.39, 0.29) is 5.97 Å². The molecule has 2 aromatic heterocycles. The van der Waals surface area contributed by atoms with Gasteiger partial charge in [-0.25, -0.2) is 9.78 Å². The van der Waals surface area contributed by atoms with Crippen molar-refractivity contribution >= 4 is 28.6 Å². The quantitative estimate of drug-likeness (QED) is 0.552. The molecule has 0 saturated heterocycles. The smallest absolute Gasteiger partial charge is 0.337 e. The van der Waals surface area contributed by atoms with E-state index in [0.29, 0.717) is 17.3 Å². The number of carbonyl (C=O) groups is 1. The lowest BCUT2D eigenvalue weighted by Crippen LogP contribution is -2.00. The van der Waals surface area contributed by atoms with Crippen LogP contribution in [0.25, 0.3) is 22.2 Å². The molecule has 0 atom stereocenters. The van der Waals surface area contributed by atoms with E-state index in [9.17, 15) is 4.79 Å². The number of anilines is 2. The predicted molar refractivity (Wildman–Crippen MR) is 92.7 cm³/mol. The van der Waals surface area contributed by atoms with Gasteiger partial charge in [0, 0.05) is 16.6 Å². The van der Waals surface area contributed by atoms with Crippen molar-refractivity contribution in [2.75, 3.05) is 12.4 Å². The van der Waals surface area contributed by atoms with E-state index in [1.54, 1.807) is 36.7 Å². The van der Waals surface area contributed by atoms with Crippen molar-refractivity contribution in [1.29, 1.82) is 0 Å². The summed E-state index contributed by atoms with van der Waals surface area (Å²) in [6, 6.07) is 13.1. The molecule has 0 aliphatic heterocycles. The van der Waals surface area contributed by atoms with E-state index in [0.717, 1.165) is 22.2 Å². The van der Waals surface area contributed by atoms with Gasteiger partial charge in [0.25, 0.3) is 6.01 Å². The average molecular weight is 334 g/mol. The molecule has 0 radical (unpaired) electrons. The van der Waals surface area contributed by atoms with Crippen molar-refractivity contribution in [2.45, 2.75) is 0 Å². The van der Waals surface area contributed by atoms with E-state index in [1.807, 2.05) is 18.2 Å². The first-order valence-corrected chi connectivity index (χ1v) is 7.58. The summed E-state index contributed by atoms with van der Waals surface area (Å²) in [5.74, 6) is 0.226. The highest BCUT2D eigenvalue weighted by Gasteiger charge is 2.09. The van der Waals surface area contributed by atoms with Gasteiger partial charge in [-0.1, -0.05) is 12.1 Å². The van der Waals surface area contributed by atoms with Crippen molar-refractivity contribution in [2.24, 2.45) is 0 Å². The number of esters is 1. The molecule has 0 spiro atoms. The first-order chi connectivity index (χ1) is 12.2. The summed E-state index contributed by atoms with van der Waals surface area (Å²) in [7, 11) is 1.35. The van der Waals surface area contributed by atoms with Crippen LogP contribution in [0.5, 0.6) is 0 Å². The summed E-state index contributed by atoms with van der Waals surface area (Å²) in [5.41, 5.74) is 3.11. The Balaban J connectivity index is 1.54. The third-order valence-corrected chi connectivity index (χ3v) is 3.79. The maximum atomic E-state index is 11.5. The number of aromatic amines is 1. The van der Waals surface area contributed by atoms with E-state index >= 15 is 0 Å². The predicted octanol–water partition coefficient (Wildman–Crippen LogP) is 3.75. The molecule has 4 aromatic rings. The molecule has 25 heavy (non-hydrogen) atoms. The van der Waals surface area contributed by atoms with Crippen LogP contribution in [0.1, 0.15) is 10.4 Å². The number of nitrogens with zero attached hydrogens (tertiary/aromatic N) is 2. The Labute approximate surface area is 142 Å². The summed E-state index contributed by atoms with van der Waals surface area (Å²) in [6.45, 7) is 0. The molecule has 0 unspecified atom stereocenters. The highest BCUT2D eigenvalue weighted by molar-refractivity contribution is 5.89. The number of hydrogen-bond donors (Lipinski definition) is 2. The van der Waals surface area contributed by atoms with Gasteiger partial charge in [0.15, 0.2) is 5.76 Å². The first kappa shape index (κ1) is 14.9. The fourth-order valence-corrected chi connectivity index (χ4v) is 2.50. The van der Waals surface area contributed by atoms with Crippen molar-refractivity contribution in [3.8, 4) is 11.3 Å². The molecule has 0 aliphatic carbocycles. The molecule has 7 heteroatoms. The summed E-state index contributed by atoms with van der Waals surface area (Å²) < 4.78 is 10.4. The number of H-pyrrole nitrogens is 1. The largest absolute Gasteiger partial charge is 0.465 e. The number of aromatic nitrogens is 3. The van der Waals surface area contributed by atoms with Crippen molar-refractivity contribution < 1.29 is 13.9 Å². The van der Waals surface area contributed by atoms with Crippen LogP contribution in [0.15, 0.2) is 59.3 Å². The van der Waals surface area contributed by atoms with Crippen LogP contribution in [0.2, 0.25) is 0 Å². The van der Waals surface area contributed by atoms with Crippen LogP contribution in [-0.2, 0) is 4.74 Å². The lowest BCUT2D eigenvalue weighted by atomic mass is 10.1. The van der Waals surface area contributed by atoms with Gasteiger partial charge in [0.05, 0.1) is 30.6 Å². The normalized spacial score (nSPS) is 10.8. The van der Waals surface area contributed by atoms with Gasteiger partial charge in [-0.05, 0) is 30.3 Å². The second kappa shape index (κ2) is 6.12. The minimum Gasteiger partial charge on any atom is -0.465 e. The monoisotopic (exact) mass is 334 g/mol. The fraction of sp³-hybridized carbons (Fsp3) is 0.0556. The minimum atomic E-state index is -0.374. The second-order valence-electron chi connectivity index (χ2n) is 5.40. The van der Waals surface area contributed by atoms with E-state index < -0.39 is 0 Å². The summed E-state index contributed by atoms with van der Waals surface area (Å²) in [6.07, 6.45) is 3.39. The fourth-order valence-electron chi connectivity index (χ4n) is 2.50. The minimum absolute atomic E-state index is 0.374. The molecule has 0 saturated carbocycles. The number of benzene rings is 2. The lowest BCUT2D eigenvalue weighted by Gasteiger charge is -2.02. The Bertz CT molecular complexity index is 1030. The molecule has 0 aliphatic rings. The highest BCUT2D eigenvalue weighted by Crippen LogP contribution is 2.26. The van der Waals surface area contributed by atoms with Crippen LogP contribution < -0.4 is 5.32 Å². The second-order valence-corrected chi connectivity index (χ2v) is 5.40. The average Bonchev–Trinajstić information content (AvgIpc) is 3.30. The van der Waals surface area contributed by atoms with Gasteiger partial charge >= 0.3 is 5.97 Å². The van der Waals surface area contributed by atoms with Crippen LogP contribution in [0.3, 0.4) is 0 Å². The molecule has 124 valence electrons. The Morgan fingerprint density at radius 1 is 1.16 bits per heavy atom. The molecule has 2 aromatic carbocycles. The zero-order chi connectivity index (χ0) is 17.2. The van der Waals surface area contributed by atoms with Crippen LogP contribution in [0.4, 0.5) is 11.7 Å². The molecule has 0 amide bonds. The number of oxazole rings is 1. The Kier molecular flexibility index (Phi) is 3.66. The Hall–Kier alpha value is -3.61. The highest BCUT2D eigenvalue weighted by atomic mass is 16.5. The zero-order valence-electron chi connectivity index (χ0n) is 13.3. The number of fused-ring (bicyclic) bond motifs is 1. The van der Waals surface area contributed by atoms with Gasteiger partial charge in [-0.2, -0.15) is 5.10 Å². The van der Waals surface area contributed by atoms with Gasteiger partial charge in [0.1, 0.15) is 0 Å². The summed E-state index contributed by atoms with van der Waals surface area (Å²) in [4.78, 5) is 15.7. The maximum Gasteiger partial charge on any atom is 0.337 e. The Morgan fingerprint density at radius 3 is 2.80 bits per heavy atom. The van der Waals surface area contributed by atoms with Crippen molar-refractivity contribution in [1.82, 2.24) is 15.2 Å². The third kappa shape index (κ3) is 2.94. The van der Waals surface area contributed by atoms with Crippen LogP contribution in [-0.4, -0.2) is 28.3 Å². The van der Waals surface area contributed by atoms with Gasteiger partial charge in [-0.15, -0.1) is 0 Å². The van der Waals surface area contributed by atoms with Crippen LogP contribution in [0, 0.1) is 0 Å². The summed E-state index contributed by atoms with van der Waals surface area (Å²) in [5, 5.41) is 11.0. The zero-order valence-corrected chi connectivity index (χ0v) is 13.3. The number of carbonyl (C=O) groups excluding carboxylic acids is 1. The molecule has 2 heterocycles. The number of methoxy groups -OCH3 is 1. The number of rotatable bonds is 4. The number of ether oxygens (including phenoxy) is 1. The molecular weight excluding hydrogens is 320 g/mol. The first-order valence-electron chi connectivity index (χ1n) is 7.58. The van der Waals surface area contributed by atoms with E-state index in [4.69, 9.17) is 4.42 Å². The third-order valence-electron chi connectivity index (χ3n) is 3.79. The van der Waals surface area contributed by atoms with Crippen LogP contribution >= 0.6 is 0 Å². The number of hydrogen-bond acceptors (Lipinski definition) is 6. The number of nitrogens with one attached hydrogen (secondary N) is 2. The van der Waals surface area contributed by atoms with Gasteiger partial charge in [-0.3, -0.25) is 5.10 Å². The molecule has 7 nitrogen and oxygen atoms in total. The maximum absolute atomic E-state index is 11.5. The Morgan fingerprint density at radius 2 is 2.00 bits per heavy atom. The summed E-state index contributed by atoms with van der Waals surface area (Å²) >= 11 is 0. The molecule has 2 N–H and O–H groups in total. The SMILES string of the molecule is COC(=O)c1ccc(-c2cnc(Nc3ccc4[nH]ncc4c3)o2)cc1. The standard InChI is InChI=1S/C18H14N4O3/c1-24-17(23)12-4-2-11(3-5-12)16-10-19-18(25-16)21-14-6-7-15-13(8-14)9-20-22-15/h2-10H,1H3,(H,19,21)(H,20,22). The molecule has 0 fully saturated rings. The van der Waals surface area contributed by atoms with Crippen molar-refractivity contribution in [3.63, 3.8) is 0 Å². The molecular formula is C18H14N4O3. The lowest BCUT2D eigenvalue weighted by molar-refractivity contribution is 0.0600. The molecule has 0 bridgehead atoms. The van der Waals surface area contributed by atoms with Gasteiger partial charge in [0.2, 0.25) is 0 Å². The topological polar surface area (TPSA) is 93.0 Å².